The molecule has 1 aromatic carbocycles. The number of halogens is 1. The Kier molecular flexibility index (Phi) is 11.0. The van der Waals surface area contributed by atoms with E-state index < -0.39 is 9.84 Å². The van der Waals surface area contributed by atoms with Crippen molar-refractivity contribution in [2.45, 2.75) is 30.4 Å². The highest BCUT2D eigenvalue weighted by atomic mass is 127. The molecule has 0 unspecified atom stereocenters. The van der Waals surface area contributed by atoms with E-state index in [1.807, 2.05) is 6.92 Å². The monoisotopic (exact) mass is 485 g/mol. The van der Waals surface area contributed by atoms with Gasteiger partial charge in [0.15, 0.2) is 15.8 Å². The third-order valence-corrected chi connectivity index (χ3v) is 6.25. The van der Waals surface area contributed by atoms with Gasteiger partial charge in [-0.3, -0.25) is 4.99 Å². The molecule has 0 aliphatic rings. The zero-order valence-corrected chi connectivity index (χ0v) is 18.7. The van der Waals surface area contributed by atoms with Crippen molar-refractivity contribution >= 4 is 51.5 Å². The van der Waals surface area contributed by atoms with Gasteiger partial charge in [0.1, 0.15) is 0 Å². The first-order valence-electron chi connectivity index (χ1n) is 7.66. The van der Waals surface area contributed by atoms with Crippen LogP contribution in [0, 0.1) is 0 Å². The van der Waals surface area contributed by atoms with Gasteiger partial charge < -0.3 is 10.6 Å². The van der Waals surface area contributed by atoms with Crippen LogP contribution in [0.3, 0.4) is 0 Å². The minimum atomic E-state index is -3.27. The molecule has 0 spiro atoms. The number of nitrogens with one attached hydrogen (secondary N) is 2. The van der Waals surface area contributed by atoms with Crippen molar-refractivity contribution in [1.82, 2.24) is 10.6 Å². The van der Waals surface area contributed by atoms with E-state index in [9.17, 15) is 8.42 Å². The molecule has 0 aromatic heterocycles. The summed E-state index contributed by atoms with van der Waals surface area (Å²) in [5, 5.41) is 6.23. The number of hydrogen-bond donors (Lipinski definition) is 2. The van der Waals surface area contributed by atoms with E-state index in [1.165, 1.54) is 0 Å². The van der Waals surface area contributed by atoms with Crippen LogP contribution in [0.2, 0.25) is 0 Å². The Hall–Kier alpha value is -0.480. The Morgan fingerprint density at radius 3 is 2.38 bits per heavy atom. The third kappa shape index (κ3) is 8.57. The van der Waals surface area contributed by atoms with Crippen LogP contribution in [0.4, 0.5) is 0 Å². The van der Waals surface area contributed by atoms with Gasteiger partial charge in [-0.2, -0.15) is 11.8 Å². The van der Waals surface area contributed by atoms with Crippen LogP contribution < -0.4 is 10.6 Å². The van der Waals surface area contributed by atoms with Gasteiger partial charge in [0.05, 0.1) is 17.2 Å². The van der Waals surface area contributed by atoms with Crippen molar-refractivity contribution in [3.8, 4) is 0 Å². The Bertz CT molecular complexity index is 605. The second-order valence-corrected chi connectivity index (χ2v) is 9.34. The van der Waals surface area contributed by atoms with Gasteiger partial charge in [-0.05, 0) is 39.2 Å². The summed E-state index contributed by atoms with van der Waals surface area (Å²) in [6.07, 6.45) is 2.06. The molecule has 0 aliphatic heterocycles. The van der Waals surface area contributed by atoms with Crippen LogP contribution in [0.1, 0.15) is 20.8 Å². The molecule has 1 rings (SSSR count). The largest absolute Gasteiger partial charge is 0.357 e. The number of nitrogens with zero attached hydrogens (tertiary/aromatic N) is 1. The van der Waals surface area contributed by atoms with Crippen LogP contribution in [-0.4, -0.2) is 50.8 Å². The average molecular weight is 485 g/mol. The van der Waals surface area contributed by atoms with Crippen molar-refractivity contribution < 1.29 is 8.42 Å². The zero-order chi connectivity index (χ0) is 17.3. The van der Waals surface area contributed by atoms with E-state index in [2.05, 4.69) is 35.7 Å². The molecule has 0 saturated carbocycles. The molecule has 2 N–H and O–H groups in total. The Morgan fingerprint density at radius 1 is 1.21 bits per heavy atom. The minimum absolute atomic E-state index is 0. The molecule has 0 aliphatic carbocycles. The van der Waals surface area contributed by atoms with Crippen LogP contribution >= 0.6 is 35.7 Å². The summed E-state index contributed by atoms with van der Waals surface area (Å²) in [6, 6.07) is 8.51. The van der Waals surface area contributed by atoms with Gasteiger partial charge >= 0.3 is 0 Å². The molecule has 0 radical (unpaired) electrons. The van der Waals surface area contributed by atoms with E-state index in [0.29, 0.717) is 23.9 Å². The standard InChI is InChI=1S/C16H27N3O2S2.HI/c1-5-17-15(19-13-16(2,3)22-4)18-11-12-23(20,21)14-9-7-6-8-10-14;/h6-10H,5,11-13H2,1-4H3,(H2,17,18,19);1H. The SMILES string of the molecule is CCNC(=NCC(C)(C)SC)NCCS(=O)(=O)c1ccccc1.I. The molecule has 1 aromatic rings. The topological polar surface area (TPSA) is 70.6 Å². The first kappa shape index (κ1) is 23.5. The molecule has 0 heterocycles. The summed E-state index contributed by atoms with van der Waals surface area (Å²) in [7, 11) is -3.27. The van der Waals surface area contributed by atoms with Gasteiger partial charge in [0.2, 0.25) is 0 Å². The maximum Gasteiger partial charge on any atom is 0.191 e. The second-order valence-electron chi connectivity index (χ2n) is 5.72. The predicted octanol–water partition coefficient (Wildman–Crippen LogP) is 2.78. The number of rotatable bonds is 8. The lowest BCUT2D eigenvalue weighted by molar-refractivity contribution is 0.594. The molecule has 8 heteroatoms. The summed E-state index contributed by atoms with van der Waals surface area (Å²) in [6.45, 7) is 7.96. The lowest BCUT2D eigenvalue weighted by Gasteiger charge is -2.20. The lowest BCUT2D eigenvalue weighted by Crippen LogP contribution is -2.40. The number of aliphatic imine (C=N–C) groups is 1. The Balaban J connectivity index is 0.00000529. The van der Waals surface area contributed by atoms with E-state index >= 15 is 0 Å². The molecular weight excluding hydrogens is 457 g/mol. The fraction of sp³-hybridized carbons (Fsp3) is 0.562. The predicted molar refractivity (Wildman–Crippen MR) is 115 cm³/mol. The van der Waals surface area contributed by atoms with E-state index in [0.717, 1.165) is 6.54 Å². The van der Waals surface area contributed by atoms with Crippen molar-refractivity contribution in [3.05, 3.63) is 30.3 Å². The second kappa shape index (κ2) is 11.2. The molecular formula is C16H28IN3O2S2. The summed E-state index contributed by atoms with van der Waals surface area (Å²) < 4.78 is 24.5. The molecule has 0 bridgehead atoms. The molecule has 138 valence electrons. The molecule has 0 saturated heterocycles. The smallest absolute Gasteiger partial charge is 0.191 e. The van der Waals surface area contributed by atoms with Crippen molar-refractivity contribution in [1.29, 1.82) is 0 Å². The van der Waals surface area contributed by atoms with Crippen LogP contribution in [-0.2, 0) is 9.84 Å². The van der Waals surface area contributed by atoms with Gasteiger partial charge in [-0.1, -0.05) is 18.2 Å². The van der Waals surface area contributed by atoms with Crippen molar-refractivity contribution in [2.24, 2.45) is 4.99 Å². The molecule has 0 fully saturated rings. The van der Waals surface area contributed by atoms with Gasteiger partial charge in [-0.15, -0.1) is 24.0 Å². The quantitative estimate of drug-likeness (QED) is 0.337. The number of guanidine groups is 1. The minimum Gasteiger partial charge on any atom is -0.357 e. The number of thioether (sulfide) groups is 1. The number of sulfone groups is 1. The Morgan fingerprint density at radius 2 is 1.83 bits per heavy atom. The van der Waals surface area contributed by atoms with E-state index in [4.69, 9.17) is 0 Å². The summed E-state index contributed by atoms with van der Waals surface area (Å²) >= 11 is 1.75. The highest BCUT2D eigenvalue weighted by Gasteiger charge is 2.16. The first-order valence-corrected chi connectivity index (χ1v) is 10.5. The third-order valence-electron chi connectivity index (χ3n) is 3.28. The fourth-order valence-electron chi connectivity index (χ4n) is 1.73. The van der Waals surface area contributed by atoms with Crippen LogP contribution in [0.5, 0.6) is 0 Å². The maximum atomic E-state index is 12.2. The normalized spacial score (nSPS) is 12.4. The molecule has 0 amide bonds. The highest BCUT2D eigenvalue weighted by Crippen LogP contribution is 2.20. The first-order chi connectivity index (χ1) is 10.8. The van der Waals surface area contributed by atoms with Crippen molar-refractivity contribution in [3.63, 3.8) is 0 Å². The van der Waals surface area contributed by atoms with Gasteiger partial charge in [0.25, 0.3) is 0 Å². The van der Waals surface area contributed by atoms with Crippen LogP contribution in [0.25, 0.3) is 0 Å². The summed E-state index contributed by atoms with van der Waals surface area (Å²) in [5.41, 5.74) is 0. The Labute approximate surface area is 167 Å². The number of hydrogen-bond acceptors (Lipinski definition) is 4. The number of benzene rings is 1. The summed E-state index contributed by atoms with van der Waals surface area (Å²) in [4.78, 5) is 4.88. The van der Waals surface area contributed by atoms with Crippen molar-refractivity contribution in [2.75, 3.05) is 31.6 Å². The van der Waals surface area contributed by atoms with Gasteiger partial charge in [-0.25, -0.2) is 8.42 Å². The van der Waals surface area contributed by atoms with Crippen LogP contribution in [0.15, 0.2) is 40.2 Å². The highest BCUT2D eigenvalue weighted by molar-refractivity contribution is 14.0. The van der Waals surface area contributed by atoms with Gasteiger partial charge in [0, 0.05) is 17.8 Å². The summed E-state index contributed by atoms with van der Waals surface area (Å²) in [5.74, 6) is 0.686. The lowest BCUT2D eigenvalue weighted by atomic mass is 10.2. The maximum absolute atomic E-state index is 12.2. The fourth-order valence-corrected chi connectivity index (χ4v) is 3.10. The average Bonchev–Trinajstić information content (AvgIpc) is 2.53. The molecule has 5 nitrogen and oxygen atoms in total. The molecule has 24 heavy (non-hydrogen) atoms. The molecule has 0 atom stereocenters. The zero-order valence-electron chi connectivity index (χ0n) is 14.7. The van der Waals surface area contributed by atoms with E-state index in [-0.39, 0.29) is 34.5 Å². The van der Waals surface area contributed by atoms with E-state index in [1.54, 1.807) is 42.1 Å².